The SMILES string of the molecule is CC(NC1CCOC1)c1cc(Cl)ccc1O. The van der Waals surface area contributed by atoms with E-state index in [-0.39, 0.29) is 11.8 Å². The second-order valence-corrected chi connectivity index (χ2v) is 4.59. The van der Waals surface area contributed by atoms with Gasteiger partial charge in [0, 0.05) is 29.3 Å². The Balaban J connectivity index is 2.07. The second-order valence-electron chi connectivity index (χ2n) is 4.15. The van der Waals surface area contributed by atoms with Crippen molar-refractivity contribution in [2.75, 3.05) is 13.2 Å². The van der Waals surface area contributed by atoms with E-state index in [9.17, 15) is 5.11 Å². The second kappa shape index (κ2) is 5.04. The van der Waals surface area contributed by atoms with Gasteiger partial charge < -0.3 is 15.2 Å². The molecule has 0 saturated carbocycles. The maximum Gasteiger partial charge on any atom is 0.120 e. The predicted octanol–water partition coefficient (Wildman–Crippen LogP) is 2.49. The van der Waals surface area contributed by atoms with Gasteiger partial charge in [-0.1, -0.05) is 11.6 Å². The zero-order valence-electron chi connectivity index (χ0n) is 9.24. The van der Waals surface area contributed by atoms with Gasteiger partial charge in [-0.25, -0.2) is 0 Å². The molecule has 2 unspecified atom stereocenters. The summed E-state index contributed by atoms with van der Waals surface area (Å²) in [5.74, 6) is 0.281. The Morgan fingerprint density at radius 2 is 2.38 bits per heavy atom. The Morgan fingerprint density at radius 1 is 1.56 bits per heavy atom. The van der Waals surface area contributed by atoms with Gasteiger partial charge in [-0.2, -0.15) is 0 Å². The van der Waals surface area contributed by atoms with Crippen molar-refractivity contribution in [3.63, 3.8) is 0 Å². The summed E-state index contributed by atoms with van der Waals surface area (Å²) in [6.45, 7) is 3.57. The highest BCUT2D eigenvalue weighted by Crippen LogP contribution is 2.27. The summed E-state index contributed by atoms with van der Waals surface area (Å²) in [6, 6.07) is 5.55. The number of phenols is 1. The van der Waals surface area contributed by atoms with Crippen LogP contribution in [0.25, 0.3) is 0 Å². The standard InChI is InChI=1S/C12H16ClNO2/c1-8(14-10-4-5-16-7-10)11-6-9(13)2-3-12(11)15/h2-3,6,8,10,14-15H,4-5,7H2,1H3. The van der Waals surface area contributed by atoms with Crippen LogP contribution < -0.4 is 5.32 Å². The van der Waals surface area contributed by atoms with Gasteiger partial charge in [0.05, 0.1) is 6.61 Å². The molecule has 1 saturated heterocycles. The molecule has 0 aromatic heterocycles. The number of hydrogen-bond acceptors (Lipinski definition) is 3. The molecular weight excluding hydrogens is 226 g/mol. The smallest absolute Gasteiger partial charge is 0.120 e. The van der Waals surface area contributed by atoms with Crippen LogP contribution in [0.2, 0.25) is 5.02 Å². The fourth-order valence-electron chi connectivity index (χ4n) is 1.98. The molecular formula is C12H16ClNO2. The Bertz CT molecular complexity index is 364. The molecule has 1 aliphatic rings. The van der Waals surface area contributed by atoms with Crippen molar-refractivity contribution in [2.45, 2.75) is 25.4 Å². The number of ether oxygens (including phenoxy) is 1. The van der Waals surface area contributed by atoms with Crippen molar-refractivity contribution in [3.8, 4) is 5.75 Å². The number of rotatable bonds is 3. The third-order valence-electron chi connectivity index (χ3n) is 2.87. The lowest BCUT2D eigenvalue weighted by atomic mass is 10.1. The molecule has 0 bridgehead atoms. The number of nitrogens with one attached hydrogen (secondary N) is 1. The Hall–Kier alpha value is -0.770. The Morgan fingerprint density at radius 3 is 3.06 bits per heavy atom. The summed E-state index contributed by atoms with van der Waals surface area (Å²) < 4.78 is 5.30. The van der Waals surface area contributed by atoms with E-state index in [0.717, 1.165) is 25.2 Å². The quantitative estimate of drug-likeness (QED) is 0.854. The van der Waals surface area contributed by atoms with E-state index < -0.39 is 0 Å². The number of halogens is 1. The van der Waals surface area contributed by atoms with Gasteiger partial charge >= 0.3 is 0 Å². The van der Waals surface area contributed by atoms with Crippen LogP contribution >= 0.6 is 11.6 Å². The van der Waals surface area contributed by atoms with Crippen molar-refractivity contribution in [1.82, 2.24) is 5.32 Å². The molecule has 1 aliphatic heterocycles. The highest BCUT2D eigenvalue weighted by atomic mass is 35.5. The van der Waals surface area contributed by atoms with Crippen LogP contribution in [0.5, 0.6) is 5.75 Å². The number of hydrogen-bond donors (Lipinski definition) is 2. The van der Waals surface area contributed by atoms with Crippen molar-refractivity contribution in [2.24, 2.45) is 0 Å². The molecule has 2 N–H and O–H groups in total. The third-order valence-corrected chi connectivity index (χ3v) is 3.11. The van der Waals surface area contributed by atoms with Crippen molar-refractivity contribution in [1.29, 1.82) is 0 Å². The molecule has 0 spiro atoms. The number of benzene rings is 1. The maximum atomic E-state index is 9.75. The van der Waals surface area contributed by atoms with Crippen molar-refractivity contribution >= 4 is 11.6 Å². The molecule has 1 heterocycles. The lowest BCUT2D eigenvalue weighted by molar-refractivity contribution is 0.188. The predicted molar refractivity (Wildman–Crippen MR) is 63.9 cm³/mol. The first-order valence-electron chi connectivity index (χ1n) is 5.49. The number of phenolic OH excluding ortho intramolecular Hbond substituents is 1. The monoisotopic (exact) mass is 241 g/mol. The molecule has 16 heavy (non-hydrogen) atoms. The molecule has 3 nitrogen and oxygen atoms in total. The molecule has 1 aromatic rings. The summed E-state index contributed by atoms with van der Waals surface area (Å²) in [5, 5.41) is 13.8. The van der Waals surface area contributed by atoms with Crippen LogP contribution in [-0.2, 0) is 4.74 Å². The minimum Gasteiger partial charge on any atom is -0.508 e. The minimum atomic E-state index is 0.0744. The molecule has 2 rings (SSSR count). The van der Waals surface area contributed by atoms with Crippen LogP contribution in [0.1, 0.15) is 24.9 Å². The molecule has 1 fully saturated rings. The molecule has 0 radical (unpaired) electrons. The Labute approximate surface area is 100 Å². The average Bonchev–Trinajstić information content (AvgIpc) is 2.74. The first-order valence-corrected chi connectivity index (χ1v) is 5.87. The number of aromatic hydroxyl groups is 1. The summed E-state index contributed by atoms with van der Waals surface area (Å²) in [6.07, 6.45) is 1.02. The molecule has 0 amide bonds. The van der Waals surface area contributed by atoms with Gasteiger partial charge in [-0.15, -0.1) is 0 Å². The average molecular weight is 242 g/mol. The van der Waals surface area contributed by atoms with Gasteiger partial charge in [0.15, 0.2) is 0 Å². The van der Waals surface area contributed by atoms with Gasteiger partial charge in [0.25, 0.3) is 0 Å². The minimum absolute atomic E-state index is 0.0744. The van der Waals surface area contributed by atoms with Gasteiger partial charge in [0.1, 0.15) is 5.75 Å². The first-order chi connectivity index (χ1) is 7.66. The van der Waals surface area contributed by atoms with E-state index in [1.54, 1.807) is 18.2 Å². The lowest BCUT2D eigenvalue weighted by Gasteiger charge is -2.19. The van der Waals surface area contributed by atoms with Crippen LogP contribution in [0.15, 0.2) is 18.2 Å². The summed E-state index contributed by atoms with van der Waals surface area (Å²) in [5.41, 5.74) is 0.833. The highest BCUT2D eigenvalue weighted by Gasteiger charge is 2.19. The zero-order chi connectivity index (χ0) is 11.5. The summed E-state index contributed by atoms with van der Waals surface area (Å²) in [4.78, 5) is 0. The van der Waals surface area contributed by atoms with E-state index in [1.807, 2.05) is 6.92 Å². The van der Waals surface area contributed by atoms with Crippen LogP contribution in [0.3, 0.4) is 0 Å². The van der Waals surface area contributed by atoms with E-state index >= 15 is 0 Å². The van der Waals surface area contributed by atoms with E-state index in [1.165, 1.54) is 0 Å². The molecule has 4 heteroatoms. The third kappa shape index (κ3) is 2.67. The fourth-order valence-corrected chi connectivity index (χ4v) is 2.16. The normalized spacial score (nSPS) is 22.2. The van der Waals surface area contributed by atoms with E-state index in [4.69, 9.17) is 16.3 Å². The van der Waals surface area contributed by atoms with Crippen LogP contribution in [-0.4, -0.2) is 24.4 Å². The maximum absolute atomic E-state index is 9.75. The molecule has 0 aliphatic carbocycles. The Kier molecular flexibility index (Phi) is 3.69. The zero-order valence-corrected chi connectivity index (χ0v) is 10.00. The van der Waals surface area contributed by atoms with Crippen molar-refractivity contribution < 1.29 is 9.84 Å². The van der Waals surface area contributed by atoms with Gasteiger partial charge in [0.2, 0.25) is 0 Å². The van der Waals surface area contributed by atoms with Gasteiger partial charge in [-0.3, -0.25) is 0 Å². The van der Waals surface area contributed by atoms with Crippen molar-refractivity contribution in [3.05, 3.63) is 28.8 Å². The first kappa shape index (κ1) is 11.7. The molecule has 88 valence electrons. The van der Waals surface area contributed by atoms with Crippen LogP contribution in [0.4, 0.5) is 0 Å². The summed E-state index contributed by atoms with van der Waals surface area (Å²) in [7, 11) is 0. The molecule has 1 aromatic carbocycles. The highest BCUT2D eigenvalue weighted by molar-refractivity contribution is 6.30. The van der Waals surface area contributed by atoms with Gasteiger partial charge in [-0.05, 0) is 31.5 Å². The molecule has 2 atom stereocenters. The fraction of sp³-hybridized carbons (Fsp3) is 0.500. The summed E-state index contributed by atoms with van der Waals surface area (Å²) >= 11 is 5.91. The van der Waals surface area contributed by atoms with Crippen LogP contribution in [0, 0.1) is 0 Å². The van der Waals surface area contributed by atoms with E-state index in [2.05, 4.69) is 5.32 Å². The topological polar surface area (TPSA) is 41.5 Å². The largest absolute Gasteiger partial charge is 0.508 e. The lowest BCUT2D eigenvalue weighted by Crippen LogP contribution is -2.31. The van der Waals surface area contributed by atoms with E-state index in [0.29, 0.717) is 11.1 Å².